The highest BCUT2D eigenvalue weighted by Crippen LogP contribution is 2.27. The second-order valence-electron chi connectivity index (χ2n) is 6.11. The van der Waals surface area contributed by atoms with Crippen molar-refractivity contribution in [2.75, 3.05) is 17.2 Å². The Morgan fingerprint density at radius 2 is 1.73 bits per heavy atom. The Balaban J connectivity index is 1.60. The van der Waals surface area contributed by atoms with E-state index in [4.69, 9.17) is 0 Å². The van der Waals surface area contributed by atoms with E-state index in [2.05, 4.69) is 75.0 Å². The third-order valence-electron chi connectivity index (χ3n) is 4.31. The normalized spacial score (nSPS) is 10.8. The van der Waals surface area contributed by atoms with Crippen molar-refractivity contribution < 1.29 is 0 Å². The second-order valence-corrected chi connectivity index (χ2v) is 6.11. The number of aromatic nitrogens is 3. The molecule has 26 heavy (non-hydrogen) atoms. The topological polar surface area (TPSA) is 65.6 Å². The molecular formula is C21H21N5. The molecule has 0 atom stereocenters. The van der Waals surface area contributed by atoms with Gasteiger partial charge in [-0.1, -0.05) is 42.5 Å². The van der Waals surface area contributed by atoms with E-state index < -0.39 is 0 Å². The predicted molar refractivity (Wildman–Crippen MR) is 107 cm³/mol. The molecule has 0 spiro atoms. The quantitative estimate of drug-likeness (QED) is 0.476. The van der Waals surface area contributed by atoms with Gasteiger partial charge in [-0.25, -0.2) is 9.97 Å². The van der Waals surface area contributed by atoms with Gasteiger partial charge in [0.1, 0.15) is 17.8 Å². The predicted octanol–water partition coefficient (Wildman–Crippen LogP) is 4.67. The first kappa shape index (κ1) is 16.1. The first-order valence-electron chi connectivity index (χ1n) is 8.79. The highest BCUT2D eigenvalue weighted by molar-refractivity contribution is 5.91. The molecule has 0 aliphatic carbocycles. The number of nitrogens with zero attached hydrogens (tertiary/aromatic N) is 2. The molecule has 5 nitrogen and oxygen atoms in total. The molecule has 2 aromatic carbocycles. The number of H-pyrrole nitrogens is 1. The number of rotatable bonds is 6. The van der Waals surface area contributed by atoms with Crippen LogP contribution in [0.25, 0.3) is 22.3 Å². The Morgan fingerprint density at radius 1 is 0.923 bits per heavy atom. The maximum atomic E-state index is 4.42. The van der Waals surface area contributed by atoms with Crippen molar-refractivity contribution in [2.24, 2.45) is 0 Å². The van der Waals surface area contributed by atoms with Gasteiger partial charge in [-0.05, 0) is 36.2 Å². The fraction of sp³-hybridized carbons (Fsp3) is 0.143. The molecule has 2 heterocycles. The molecule has 3 N–H and O–H groups in total. The van der Waals surface area contributed by atoms with Crippen LogP contribution in [0, 0.1) is 0 Å². The highest BCUT2D eigenvalue weighted by Gasteiger charge is 2.09. The number of aromatic amines is 1. The van der Waals surface area contributed by atoms with Gasteiger partial charge in [0.05, 0.1) is 5.39 Å². The first-order valence-corrected chi connectivity index (χ1v) is 8.79. The van der Waals surface area contributed by atoms with Gasteiger partial charge in [-0.2, -0.15) is 0 Å². The van der Waals surface area contributed by atoms with Gasteiger partial charge in [0, 0.05) is 24.5 Å². The molecule has 0 fully saturated rings. The van der Waals surface area contributed by atoms with Gasteiger partial charge in [0.2, 0.25) is 0 Å². The molecule has 4 rings (SSSR count). The molecule has 5 heteroatoms. The van der Waals surface area contributed by atoms with Crippen LogP contribution < -0.4 is 10.6 Å². The average Bonchev–Trinajstić information content (AvgIpc) is 3.13. The molecule has 0 aliphatic rings. The summed E-state index contributed by atoms with van der Waals surface area (Å²) in [4.78, 5) is 12.2. The van der Waals surface area contributed by atoms with Gasteiger partial charge in [-0.15, -0.1) is 0 Å². The molecular weight excluding hydrogens is 322 g/mol. The van der Waals surface area contributed by atoms with Crippen molar-refractivity contribution in [3.63, 3.8) is 0 Å². The van der Waals surface area contributed by atoms with Crippen LogP contribution in [0.1, 0.15) is 12.5 Å². The van der Waals surface area contributed by atoms with Crippen LogP contribution in [0.15, 0.2) is 67.0 Å². The van der Waals surface area contributed by atoms with Crippen molar-refractivity contribution in [1.29, 1.82) is 0 Å². The Morgan fingerprint density at radius 3 is 2.50 bits per heavy atom. The summed E-state index contributed by atoms with van der Waals surface area (Å²) in [7, 11) is 0. The summed E-state index contributed by atoms with van der Waals surface area (Å²) in [6, 6.07) is 20.8. The average molecular weight is 343 g/mol. The fourth-order valence-electron chi connectivity index (χ4n) is 2.99. The minimum atomic E-state index is 0.727. The van der Waals surface area contributed by atoms with E-state index >= 15 is 0 Å². The standard InChI is InChI=1S/C21H21N5/c1-2-22-17-10-8-16(9-11-17)19-12-18-20(24-14-25-21(18)26-19)23-13-15-6-4-3-5-7-15/h3-12,14,22H,2,13H2,1H3,(H2,23,24,25,26). The van der Waals surface area contributed by atoms with Crippen LogP contribution in [0.3, 0.4) is 0 Å². The summed E-state index contributed by atoms with van der Waals surface area (Å²) < 4.78 is 0. The third-order valence-corrected chi connectivity index (χ3v) is 4.31. The highest BCUT2D eigenvalue weighted by atomic mass is 15.0. The van der Waals surface area contributed by atoms with Gasteiger partial charge >= 0.3 is 0 Å². The SMILES string of the molecule is CCNc1ccc(-c2cc3c(NCc4ccccc4)ncnc3[nH]2)cc1. The minimum absolute atomic E-state index is 0.727. The Bertz CT molecular complexity index is 990. The molecule has 2 aromatic heterocycles. The number of hydrogen-bond acceptors (Lipinski definition) is 4. The maximum Gasteiger partial charge on any atom is 0.143 e. The molecule has 0 amide bonds. The van der Waals surface area contributed by atoms with E-state index in [0.29, 0.717) is 0 Å². The van der Waals surface area contributed by atoms with E-state index in [1.165, 1.54) is 5.56 Å². The Kier molecular flexibility index (Phi) is 4.51. The van der Waals surface area contributed by atoms with E-state index in [1.807, 2.05) is 18.2 Å². The minimum Gasteiger partial charge on any atom is -0.385 e. The zero-order chi connectivity index (χ0) is 17.8. The van der Waals surface area contributed by atoms with Crippen molar-refractivity contribution >= 4 is 22.5 Å². The Hall–Kier alpha value is -3.34. The largest absolute Gasteiger partial charge is 0.385 e. The molecule has 0 aliphatic heterocycles. The molecule has 0 bridgehead atoms. The first-order chi connectivity index (χ1) is 12.8. The fourth-order valence-corrected chi connectivity index (χ4v) is 2.99. The number of benzene rings is 2. The lowest BCUT2D eigenvalue weighted by atomic mass is 10.1. The summed E-state index contributed by atoms with van der Waals surface area (Å²) in [5, 5.41) is 7.72. The van der Waals surface area contributed by atoms with Gasteiger partial charge in [-0.3, -0.25) is 0 Å². The zero-order valence-electron chi connectivity index (χ0n) is 14.7. The number of hydrogen-bond donors (Lipinski definition) is 3. The zero-order valence-corrected chi connectivity index (χ0v) is 14.7. The second kappa shape index (κ2) is 7.27. The summed E-state index contributed by atoms with van der Waals surface area (Å²) in [6.45, 7) is 3.73. The van der Waals surface area contributed by atoms with Crippen molar-refractivity contribution in [3.8, 4) is 11.3 Å². The summed E-state index contributed by atoms with van der Waals surface area (Å²) in [5.74, 6) is 0.839. The van der Waals surface area contributed by atoms with Crippen LogP contribution >= 0.6 is 0 Å². The smallest absolute Gasteiger partial charge is 0.143 e. The van der Waals surface area contributed by atoms with Crippen molar-refractivity contribution in [1.82, 2.24) is 15.0 Å². The lowest BCUT2D eigenvalue weighted by Crippen LogP contribution is -2.01. The Labute approximate surface area is 152 Å². The molecule has 130 valence electrons. The monoisotopic (exact) mass is 343 g/mol. The van der Waals surface area contributed by atoms with Crippen LogP contribution in [0.2, 0.25) is 0 Å². The molecule has 0 saturated carbocycles. The van der Waals surface area contributed by atoms with E-state index in [9.17, 15) is 0 Å². The van der Waals surface area contributed by atoms with Crippen LogP contribution in [-0.4, -0.2) is 21.5 Å². The number of nitrogens with one attached hydrogen (secondary N) is 3. The molecule has 0 unspecified atom stereocenters. The van der Waals surface area contributed by atoms with Gasteiger partial charge in [0.15, 0.2) is 0 Å². The lowest BCUT2D eigenvalue weighted by Gasteiger charge is -2.06. The van der Waals surface area contributed by atoms with E-state index in [-0.39, 0.29) is 0 Å². The lowest BCUT2D eigenvalue weighted by molar-refractivity contribution is 1.10. The third kappa shape index (κ3) is 3.37. The molecule has 4 aromatic rings. The summed E-state index contributed by atoms with van der Waals surface area (Å²) >= 11 is 0. The summed E-state index contributed by atoms with van der Waals surface area (Å²) in [6.07, 6.45) is 1.59. The van der Waals surface area contributed by atoms with Crippen LogP contribution in [0.5, 0.6) is 0 Å². The maximum absolute atomic E-state index is 4.42. The van der Waals surface area contributed by atoms with E-state index in [1.54, 1.807) is 6.33 Å². The van der Waals surface area contributed by atoms with Crippen LogP contribution in [-0.2, 0) is 6.54 Å². The molecule has 0 radical (unpaired) electrons. The summed E-state index contributed by atoms with van der Waals surface area (Å²) in [5.41, 5.74) is 5.33. The van der Waals surface area contributed by atoms with Crippen molar-refractivity contribution in [3.05, 3.63) is 72.6 Å². The number of fused-ring (bicyclic) bond motifs is 1. The van der Waals surface area contributed by atoms with Gasteiger partial charge < -0.3 is 15.6 Å². The molecule has 0 saturated heterocycles. The van der Waals surface area contributed by atoms with E-state index in [0.717, 1.165) is 46.9 Å². The number of anilines is 2. The van der Waals surface area contributed by atoms with Gasteiger partial charge in [0.25, 0.3) is 0 Å². The van der Waals surface area contributed by atoms with Crippen LogP contribution in [0.4, 0.5) is 11.5 Å². The van der Waals surface area contributed by atoms with Crippen molar-refractivity contribution in [2.45, 2.75) is 13.5 Å².